The van der Waals surface area contributed by atoms with Gasteiger partial charge in [-0.05, 0) is 54.9 Å². The number of piperazine rings is 1. The first-order valence-corrected chi connectivity index (χ1v) is 10.0. The number of fused-ring (bicyclic) bond motifs is 1. The lowest BCUT2D eigenvalue weighted by Crippen LogP contribution is -2.49. The van der Waals surface area contributed by atoms with Crippen molar-refractivity contribution in [1.82, 2.24) is 15.2 Å². The van der Waals surface area contributed by atoms with Crippen LogP contribution in [0.3, 0.4) is 0 Å². The molecule has 0 spiro atoms. The molecule has 2 aromatic rings. The third-order valence-electron chi connectivity index (χ3n) is 5.85. The van der Waals surface area contributed by atoms with Crippen LogP contribution >= 0.6 is 12.4 Å². The predicted molar refractivity (Wildman–Crippen MR) is 113 cm³/mol. The largest absolute Gasteiger partial charge is 0.329 e. The molecule has 150 valence electrons. The first-order valence-electron chi connectivity index (χ1n) is 10.0. The number of rotatable bonds is 3. The lowest BCUT2D eigenvalue weighted by molar-refractivity contribution is 0.0632. The number of nitrogens with zero attached hydrogens (tertiary/aromatic N) is 1. The minimum Gasteiger partial charge on any atom is -0.329 e. The van der Waals surface area contributed by atoms with Gasteiger partial charge < -0.3 is 15.2 Å². The molecule has 2 aliphatic rings. The zero-order valence-corrected chi connectivity index (χ0v) is 17.1. The maximum absolute atomic E-state index is 13.3. The Labute approximate surface area is 171 Å². The molecule has 1 aliphatic heterocycles. The molecule has 1 fully saturated rings. The van der Waals surface area contributed by atoms with E-state index in [9.17, 15) is 9.59 Å². The summed E-state index contributed by atoms with van der Waals surface area (Å²) in [6.07, 6.45) is 5.06. The van der Waals surface area contributed by atoms with Crippen LogP contribution in [0.25, 0.3) is 0 Å². The zero-order chi connectivity index (χ0) is 18.8. The zero-order valence-electron chi connectivity index (χ0n) is 16.3. The smallest absolute Gasteiger partial charge is 0.261 e. The minimum absolute atomic E-state index is 0. The second-order valence-corrected chi connectivity index (χ2v) is 7.54. The fourth-order valence-corrected chi connectivity index (χ4v) is 4.21. The maximum Gasteiger partial charge on any atom is 0.261 e. The van der Waals surface area contributed by atoms with Crippen molar-refractivity contribution in [3.8, 4) is 0 Å². The van der Waals surface area contributed by atoms with Crippen molar-refractivity contribution in [1.29, 1.82) is 0 Å². The van der Waals surface area contributed by atoms with Crippen LogP contribution in [-0.2, 0) is 19.3 Å². The molecular formula is C22H28ClN3O2. The van der Waals surface area contributed by atoms with E-state index >= 15 is 0 Å². The number of H-pyrrole nitrogens is 1. The SMILES string of the molecule is CCc1ccc(C2CNCCN2C(=O)c2cc3c([nH]c2=O)CCCC3)cc1.Cl. The van der Waals surface area contributed by atoms with Gasteiger partial charge in [0.05, 0.1) is 6.04 Å². The highest BCUT2D eigenvalue weighted by Gasteiger charge is 2.30. The molecule has 1 unspecified atom stereocenters. The Kier molecular flexibility index (Phi) is 6.57. The second kappa shape index (κ2) is 8.93. The Bertz CT molecular complexity index is 892. The molecule has 0 bridgehead atoms. The number of nitrogens with one attached hydrogen (secondary N) is 2. The van der Waals surface area contributed by atoms with E-state index in [1.54, 1.807) is 0 Å². The van der Waals surface area contributed by atoms with Crippen LogP contribution in [0.4, 0.5) is 0 Å². The molecule has 5 nitrogen and oxygen atoms in total. The van der Waals surface area contributed by atoms with Crippen molar-refractivity contribution in [2.45, 2.75) is 45.1 Å². The highest BCUT2D eigenvalue weighted by molar-refractivity contribution is 5.94. The van der Waals surface area contributed by atoms with E-state index in [4.69, 9.17) is 0 Å². The molecule has 1 aromatic carbocycles. The standard InChI is InChI=1S/C22H27N3O2.ClH/c1-2-15-7-9-16(10-8-15)20-14-23-11-12-25(20)22(27)18-13-17-5-3-4-6-19(17)24-21(18)26;/h7-10,13,20,23H,2-6,11-12,14H2,1H3,(H,24,26);1H. The predicted octanol–water partition coefficient (Wildman–Crippen LogP) is 3.02. The van der Waals surface area contributed by atoms with E-state index < -0.39 is 0 Å². The van der Waals surface area contributed by atoms with Gasteiger partial charge in [-0.2, -0.15) is 0 Å². The molecular weight excluding hydrogens is 374 g/mol. The lowest BCUT2D eigenvalue weighted by atomic mass is 9.94. The molecule has 2 N–H and O–H groups in total. The molecule has 0 saturated carbocycles. The summed E-state index contributed by atoms with van der Waals surface area (Å²) < 4.78 is 0. The third-order valence-corrected chi connectivity index (χ3v) is 5.85. The first-order chi connectivity index (χ1) is 13.2. The number of carbonyl (C=O) groups excluding carboxylic acids is 1. The van der Waals surface area contributed by atoms with E-state index in [-0.39, 0.29) is 35.5 Å². The molecule has 1 amide bonds. The molecule has 1 saturated heterocycles. The molecule has 2 heterocycles. The lowest BCUT2D eigenvalue weighted by Gasteiger charge is -2.36. The van der Waals surface area contributed by atoms with Gasteiger partial charge >= 0.3 is 0 Å². The molecule has 4 rings (SSSR count). The van der Waals surface area contributed by atoms with Gasteiger partial charge in [-0.3, -0.25) is 9.59 Å². The number of aromatic amines is 1. The average molecular weight is 402 g/mol. The summed E-state index contributed by atoms with van der Waals surface area (Å²) in [5.74, 6) is -0.157. The van der Waals surface area contributed by atoms with E-state index in [1.807, 2.05) is 11.0 Å². The molecule has 6 heteroatoms. The van der Waals surface area contributed by atoms with E-state index in [2.05, 4.69) is 41.5 Å². The van der Waals surface area contributed by atoms with Crippen LogP contribution in [0.2, 0.25) is 0 Å². The highest BCUT2D eigenvalue weighted by atomic mass is 35.5. The van der Waals surface area contributed by atoms with Gasteiger partial charge in [0.15, 0.2) is 0 Å². The normalized spacial score (nSPS) is 18.9. The number of amides is 1. The summed E-state index contributed by atoms with van der Waals surface area (Å²) in [7, 11) is 0. The van der Waals surface area contributed by atoms with E-state index in [0.29, 0.717) is 13.1 Å². The number of benzene rings is 1. The summed E-state index contributed by atoms with van der Waals surface area (Å²) >= 11 is 0. The average Bonchev–Trinajstić information content (AvgIpc) is 2.73. The van der Waals surface area contributed by atoms with E-state index in [1.165, 1.54) is 5.56 Å². The van der Waals surface area contributed by atoms with Crippen molar-refractivity contribution in [2.24, 2.45) is 0 Å². The van der Waals surface area contributed by atoms with Crippen molar-refractivity contribution in [3.05, 3.63) is 68.6 Å². The second-order valence-electron chi connectivity index (χ2n) is 7.54. The Morgan fingerprint density at radius 2 is 1.93 bits per heavy atom. The molecule has 1 atom stereocenters. The Hall–Kier alpha value is -2.11. The first kappa shape index (κ1) is 20.6. The van der Waals surface area contributed by atoms with Crippen LogP contribution in [0, 0.1) is 0 Å². The topological polar surface area (TPSA) is 65.2 Å². The minimum atomic E-state index is -0.251. The quantitative estimate of drug-likeness (QED) is 0.830. The molecule has 1 aliphatic carbocycles. The number of aromatic nitrogens is 1. The Morgan fingerprint density at radius 3 is 2.68 bits per heavy atom. The number of hydrogen-bond donors (Lipinski definition) is 2. The van der Waals surface area contributed by atoms with Gasteiger partial charge in [0.1, 0.15) is 5.56 Å². The summed E-state index contributed by atoms with van der Waals surface area (Å²) in [4.78, 5) is 30.7. The fraction of sp³-hybridized carbons (Fsp3) is 0.455. The van der Waals surface area contributed by atoms with Gasteiger partial charge in [-0.25, -0.2) is 0 Å². The van der Waals surface area contributed by atoms with Crippen LogP contribution in [0.15, 0.2) is 35.1 Å². The summed E-state index contributed by atoms with van der Waals surface area (Å²) in [6.45, 7) is 4.20. The van der Waals surface area contributed by atoms with Crippen LogP contribution in [0.5, 0.6) is 0 Å². The van der Waals surface area contributed by atoms with Crippen LogP contribution in [0.1, 0.15) is 58.5 Å². The maximum atomic E-state index is 13.3. The fourth-order valence-electron chi connectivity index (χ4n) is 4.21. The van der Waals surface area contributed by atoms with Crippen molar-refractivity contribution in [2.75, 3.05) is 19.6 Å². The van der Waals surface area contributed by atoms with Crippen LogP contribution in [-0.4, -0.2) is 35.4 Å². The molecule has 1 aromatic heterocycles. The van der Waals surface area contributed by atoms with Gasteiger partial charge in [-0.15, -0.1) is 12.4 Å². The number of hydrogen-bond acceptors (Lipinski definition) is 3. The number of halogens is 1. The Balaban J connectivity index is 0.00000225. The van der Waals surface area contributed by atoms with Crippen molar-refractivity contribution in [3.63, 3.8) is 0 Å². The summed E-state index contributed by atoms with van der Waals surface area (Å²) in [5.41, 5.74) is 4.57. The monoisotopic (exact) mass is 401 g/mol. The van der Waals surface area contributed by atoms with Gasteiger partial charge in [0.25, 0.3) is 11.5 Å². The Morgan fingerprint density at radius 1 is 1.18 bits per heavy atom. The van der Waals surface area contributed by atoms with Crippen LogP contribution < -0.4 is 10.9 Å². The third kappa shape index (κ3) is 4.01. The number of pyridine rings is 1. The van der Waals surface area contributed by atoms with Crippen molar-refractivity contribution >= 4 is 18.3 Å². The van der Waals surface area contributed by atoms with E-state index in [0.717, 1.165) is 55.5 Å². The number of aryl methyl sites for hydroxylation is 3. The van der Waals surface area contributed by atoms with Gasteiger partial charge in [0.2, 0.25) is 0 Å². The summed E-state index contributed by atoms with van der Waals surface area (Å²) in [6, 6.07) is 10.3. The summed E-state index contributed by atoms with van der Waals surface area (Å²) in [5, 5.41) is 3.38. The van der Waals surface area contributed by atoms with Crippen molar-refractivity contribution < 1.29 is 4.79 Å². The van der Waals surface area contributed by atoms with Gasteiger partial charge in [0, 0.05) is 25.3 Å². The van der Waals surface area contributed by atoms with Gasteiger partial charge in [-0.1, -0.05) is 31.2 Å². The highest BCUT2D eigenvalue weighted by Crippen LogP contribution is 2.25. The number of carbonyl (C=O) groups is 1. The molecule has 28 heavy (non-hydrogen) atoms. The molecule has 0 radical (unpaired) electrons.